The van der Waals surface area contributed by atoms with Crippen molar-refractivity contribution in [3.8, 4) is 0 Å². The van der Waals surface area contributed by atoms with Gasteiger partial charge in [-0.3, -0.25) is 0 Å². The highest BCUT2D eigenvalue weighted by Gasteiger charge is 2.10. The summed E-state index contributed by atoms with van der Waals surface area (Å²) in [4.78, 5) is 4.68. The van der Waals surface area contributed by atoms with E-state index in [1.54, 1.807) is 0 Å². The molecule has 1 aromatic rings. The molecule has 0 spiro atoms. The maximum absolute atomic E-state index is 4.68. The summed E-state index contributed by atoms with van der Waals surface area (Å²) in [5, 5.41) is 4.63. The van der Waals surface area contributed by atoms with E-state index in [9.17, 15) is 0 Å². The van der Waals surface area contributed by atoms with Crippen LogP contribution in [0.4, 0.5) is 0 Å². The van der Waals surface area contributed by atoms with Gasteiger partial charge in [0.15, 0.2) is 5.16 Å². The Hall–Kier alpha value is -0.480. The maximum Gasteiger partial charge on any atom is 0.168 e. The van der Waals surface area contributed by atoms with E-state index in [-0.39, 0.29) is 0 Å². The molecule has 0 aliphatic rings. The number of hydrogen-bond donors (Lipinski definition) is 1. The van der Waals surface area contributed by atoms with Crippen LogP contribution in [0, 0.1) is 13.8 Å². The van der Waals surface area contributed by atoms with Gasteiger partial charge in [-0.1, -0.05) is 39.0 Å². The molecule has 0 aliphatic heterocycles. The van der Waals surface area contributed by atoms with Crippen LogP contribution < -0.4 is 5.32 Å². The van der Waals surface area contributed by atoms with Crippen molar-refractivity contribution in [1.29, 1.82) is 0 Å². The van der Waals surface area contributed by atoms with Crippen molar-refractivity contribution < 1.29 is 0 Å². The largest absolute Gasteiger partial charge is 0.323 e. The van der Waals surface area contributed by atoms with E-state index in [0.29, 0.717) is 6.04 Å². The van der Waals surface area contributed by atoms with Crippen LogP contribution in [-0.2, 0) is 6.54 Å². The van der Waals surface area contributed by atoms with Crippen molar-refractivity contribution in [2.75, 3.05) is 12.3 Å². The third-order valence-corrected chi connectivity index (χ3v) is 4.02. The molecule has 0 fully saturated rings. The molecular weight excluding hydrogens is 242 g/mol. The summed E-state index contributed by atoms with van der Waals surface area (Å²) in [6, 6.07) is 0.564. The van der Waals surface area contributed by atoms with Crippen LogP contribution in [-0.4, -0.2) is 27.9 Å². The van der Waals surface area contributed by atoms with Crippen molar-refractivity contribution >= 4 is 11.8 Å². The fourth-order valence-electron chi connectivity index (χ4n) is 1.80. The fourth-order valence-corrected chi connectivity index (χ4v) is 2.79. The zero-order valence-electron chi connectivity index (χ0n) is 12.4. The van der Waals surface area contributed by atoms with Crippen LogP contribution in [0.15, 0.2) is 5.16 Å². The minimum Gasteiger partial charge on any atom is -0.323 e. The third kappa shape index (κ3) is 4.65. The summed E-state index contributed by atoms with van der Waals surface area (Å²) in [5.41, 5.74) is 2.49. The first-order valence-corrected chi connectivity index (χ1v) is 7.94. The molecule has 3 nitrogen and oxygen atoms in total. The van der Waals surface area contributed by atoms with Crippen molar-refractivity contribution in [2.45, 2.75) is 65.2 Å². The maximum atomic E-state index is 4.68. The summed E-state index contributed by atoms with van der Waals surface area (Å²) >= 11 is 1.86. The van der Waals surface area contributed by atoms with Crippen molar-refractivity contribution in [1.82, 2.24) is 14.9 Å². The second-order valence-corrected chi connectivity index (χ2v) is 6.09. The number of thioether (sulfide) groups is 1. The minimum atomic E-state index is 0.564. The molecule has 104 valence electrons. The van der Waals surface area contributed by atoms with Gasteiger partial charge in [0.25, 0.3) is 0 Å². The Labute approximate surface area is 116 Å². The van der Waals surface area contributed by atoms with Crippen molar-refractivity contribution in [3.63, 3.8) is 0 Å². The minimum absolute atomic E-state index is 0.564. The first-order chi connectivity index (χ1) is 8.56. The van der Waals surface area contributed by atoms with Crippen molar-refractivity contribution in [3.05, 3.63) is 11.4 Å². The first kappa shape index (κ1) is 15.6. The summed E-state index contributed by atoms with van der Waals surface area (Å²) < 4.78 is 2.37. The zero-order chi connectivity index (χ0) is 13.5. The van der Waals surface area contributed by atoms with Gasteiger partial charge in [-0.05, 0) is 20.3 Å². The van der Waals surface area contributed by atoms with Gasteiger partial charge in [-0.2, -0.15) is 0 Å². The normalized spacial score (nSPS) is 11.4. The number of unbranched alkanes of at least 4 members (excludes halogenated alkanes) is 1. The molecule has 0 aliphatic carbocycles. The molecule has 0 amide bonds. The van der Waals surface area contributed by atoms with E-state index in [0.717, 1.165) is 18.8 Å². The lowest BCUT2D eigenvalue weighted by Crippen LogP contribution is -2.25. The molecule has 0 radical (unpaired) electrons. The summed E-state index contributed by atoms with van der Waals surface area (Å²) in [7, 11) is 0. The van der Waals surface area contributed by atoms with E-state index in [4.69, 9.17) is 0 Å². The average Bonchev–Trinajstić information content (AvgIpc) is 2.58. The van der Waals surface area contributed by atoms with E-state index >= 15 is 0 Å². The van der Waals surface area contributed by atoms with Crippen molar-refractivity contribution in [2.24, 2.45) is 0 Å². The van der Waals surface area contributed by atoms with E-state index in [1.807, 2.05) is 11.8 Å². The van der Waals surface area contributed by atoms with Gasteiger partial charge in [-0.15, -0.1) is 0 Å². The Morgan fingerprint density at radius 2 is 2.06 bits per heavy atom. The molecule has 4 heteroatoms. The summed E-state index contributed by atoms with van der Waals surface area (Å²) in [6.07, 6.45) is 2.46. The zero-order valence-corrected chi connectivity index (χ0v) is 13.2. The number of nitrogens with zero attached hydrogens (tertiary/aromatic N) is 2. The van der Waals surface area contributed by atoms with Gasteiger partial charge in [0.05, 0.1) is 5.69 Å². The van der Waals surface area contributed by atoms with Crippen LogP contribution in [0.2, 0.25) is 0 Å². The molecule has 0 saturated carbocycles. The lowest BCUT2D eigenvalue weighted by atomic mass is 10.3. The molecule has 1 rings (SSSR count). The second-order valence-electron chi connectivity index (χ2n) is 5.03. The predicted molar refractivity (Wildman–Crippen MR) is 80.5 cm³/mol. The predicted octanol–water partition coefficient (Wildman–Crippen LogP) is 3.39. The Balaban J connectivity index is 2.55. The molecule has 18 heavy (non-hydrogen) atoms. The number of aromatic nitrogens is 2. The standard InChI is InChI=1S/C14H27N3S/c1-6-7-9-17-13(5)12(4)16-14(17)18-10-8-15-11(2)3/h11,15H,6-10H2,1-5H3. The lowest BCUT2D eigenvalue weighted by molar-refractivity contribution is 0.574. The highest BCUT2D eigenvalue weighted by atomic mass is 32.2. The first-order valence-electron chi connectivity index (χ1n) is 6.96. The number of nitrogens with one attached hydrogen (secondary N) is 1. The quantitative estimate of drug-likeness (QED) is 0.579. The lowest BCUT2D eigenvalue weighted by Gasteiger charge is -2.10. The van der Waals surface area contributed by atoms with Gasteiger partial charge in [0.2, 0.25) is 0 Å². The van der Waals surface area contributed by atoms with Crippen LogP contribution >= 0.6 is 11.8 Å². The Morgan fingerprint density at radius 3 is 2.67 bits per heavy atom. The van der Waals surface area contributed by atoms with Gasteiger partial charge < -0.3 is 9.88 Å². The Bertz CT molecular complexity index is 358. The number of aryl methyl sites for hydroxylation is 1. The second kappa shape index (κ2) is 7.85. The summed E-state index contributed by atoms with van der Waals surface area (Å²) in [6.45, 7) is 13.0. The smallest absolute Gasteiger partial charge is 0.168 e. The van der Waals surface area contributed by atoms with E-state index in [1.165, 1.54) is 29.4 Å². The third-order valence-electron chi connectivity index (χ3n) is 3.04. The molecule has 0 bridgehead atoms. The van der Waals surface area contributed by atoms with Gasteiger partial charge >= 0.3 is 0 Å². The van der Waals surface area contributed by atoms with E-state index in [2.05, 4.69) is 49.5 Å². The topological polar surface area (TPSA) is 29.9 Å². The Kier molecular flexibility index (Phi) is 6.79. The summed E-state index contributed by atoms with van der Waals surface area (Å²) in [5.74, 6) is 1.08. The monoisotopic (exact) mass is 269 g/mol. The Morgan fingerprint density at radius 1 is 1.33 bits per heavy atom. The molecule has 0 unspecified atom stereocenters. The molecular formula is C14H27N3S. The molecule has 0 aromatic carbocycles. The molecule has 1 N–H and O–H groups in total. The van der Waals surface area contributed by atoms with Gasteiger partial charge in [0.1, 0.15) is 0 Å². The fraction of sp³-hybridized carbons (Fsp3) is 0.786. The van der Waals surface area contributed by atoms with Crippen LogP contribution in [0.25, 0.3) is 0 Å². The van der Waals surface area contributed by atoms with Crippen LogP contribution in [0.5, 0.6) is 0 Å². The number of rotatable bonds is 8. The van der Waals surface area contributed by atoms with Gasteiger partial charge in [0, 0.05) is 30.6 Å². The SMILES string of the molecule is CCCCn1c(SCCNC(C)C)nc(C)c1C. The molecule has 0 atom stereocenters. The van der Waals surface area contributed by atoms with E-state index < -0.39 is 0 Å². The van der Waals surface area contributed by atoms with Crippen LogP contribution in [0.3, 0.4) is 0 Å². The van der Waals surface area contributed by atoms with Gasteiger partial charge in [-0.25, -0.2) is 4.98 Å². The molecule has 1 heterocycles. The van der Waals surface area contributed by atoms with Crippen LogP contribution in [0.1, 0.15) is 45.0 Å². The molecule has 1 aromatic heterocycles. The highest BCUT2D eigenvalue weighted by molar-refractivity contribution is 7.99. The average molecular weight is 269 g/mol. The molecule has 0 saturated heterocycles. The number of hydrogen-bond acceptors (Lipinski definition) is 3. The number of imidazole rings is 1. The highest BCUT2D eigenvalue weighted by Crippen LogP contribution is 2.21.